The van der Waals surface area contributed by atoms with Crippen LogP contribution in [0.1, 0.15) is 64.9 Å². The number of aldehydes is 1. The van der Waals surface area contributed by atoms with E-state index in [1.165, 1.54) is 0 Å². The summed E-state index contributed by atoms with van der Waals surface area (Å²) >= 11 is 0. The van der Waals surface area contributed by atoms with Crippen LogP contribution in [0.3, 0.4) is 0 Å². The highest BCUT2D eigenvalue weighted by molar-refractivity contribution is 5.93. The third-order valence-electron chi connectivity index (χ3n) is 6.11. The lowest BCUT2D eigenvalue weighted by Crippen LogP contribution is -2.57. The monoisotopic (exact) mass is 504 g/mol. The molecule has 36 heavy (non-hydrogen) atoms. The maximum Gasteiger partial charge on any atom is 0.303 e. The van der Waals surface area contributed by atoms with Crippen molar-refractivity contribution in [3.05, 3.63) is 35.9 Å². The Morgan fingerprint density at radius 2 is 1.53 bits per heavy atom. The van der Waals surface area contributed by atoms with Gasteiger partial charge in [-0.1, -0.05) is 70.4 Å². The zero-order valence-corrected chi connectivity index (χ0v) is 21.4. The summed E-state index contributed by atoms with van der Waals surface area (Å²) in [5, 5.41) is 16.9. The molecule has 1 unspecified atom stereocenters. The van der Waals surface area contributed by atoms with Crippen LogP contribution < -0.4 is 21.7 Å². The summed E-state index contributed by atoms with van der Waals surface area (Å²) in [6.07, 6.45) is 2.81. The van der Waals surface area contributed by atoms with Gasteiger partial charge >= 0.3 is 5.97 Å². The predicted octanol–water partition coefficient (Wildman–Crippen LogP) is 1.31. The van der Waals surface area contributed by atoms with Crippen LogP contribution in [-0.4, -0.2) is 59.3 Å². The smallest absolute Gasteiger partial charge is 0.303 e. The van der Waals surface area contributed by atoms with Gasteiger partial charge < -0.3 is 31.6 Å². The molecule has 0 aliphatic heterocycles. The van der Waals surface area contributed by atoms with Crippen molar-refractivity contribution in [1.82, 2.24) is 16.0 Å². The molecule has 200 valence electrons. The minimum atomic E-state index is -1.17. The normalized spacial score (nSPS) is 15.0. The Balaban J connectivity index is 2.96. The second-order valence-corrected chi connectivity index (χ2v) is 9.05. The van der Waals surface area contributed by atoms with Crippen molar-refractivity contribution in [3.8, 4) is 0 Å². The van der Waals surface area contributed by atoms with E-state index in [1.54, 1.807) is 6.92 Å². The lowest BCUT2D eigenvalue weighted by Gasteiger charge is -2.26. The van der Waals surface area contributed by atoms with Gasteiger partial charge in [0.15, 0.2) is 0 Å². The Kier molecular flexibility index (Phi) is 14.0. The second kappa shape index (κ2) is 16.4. The first-order valence-electron chi connectivity index (χ1n) is 12.5. The fourth-order valence-electron chi connectivity index (χ4n) is 3.55. The molecular weight excluding hydrogens is 464 g/mol. The molecular formula is C26H40N4O6. The molecule has 0 spiro atoms. The molecule has 0 fully saturated rings. The van der Waals surface area contributed by atoms with Crippen LogP contribution in [0.4, 0.5) is 0 Å². The van der Waals surface area contributed by atoms with E-state index >= 15 is 0 Å². The zero-order valence-electron chi connectivity index (χ0n) is 21.4. The number of aliphatic carboxylic acids is 1. The van der Waals surface area contributed by atoms with E-state index in [1.807, 2.05) is 44.2 Å². The number of nitrogens with two attached hydrogens (primary N) is 1. The van der Waals surface area contributed by atoms with E-state index in [0.29, 0.717) is 32.0 Å². The minimum Gasteiger partial charge on any atom is -0.481 e. The average molecular weight is 505 g/mol. The highest BCUT2D eigenvalue weighted by Crippen LogP contribution is 2.09. The Morgan fingerprint density at radius 1 is 0.944 bits per heavy atom. The largest absolute Gasteiger partial charge is 0.481 e. The van der Waals surface area contributed by atoms with Gasteiger partial charge in [0.05, 0.1) is 12.1 Å². The predicted molar refractivity (Wildman–Crippen MR) is 136 cm³/mol. The van der Waals surface area contributed by atoms with Crippen molar-refractivity contribution < 1.29 is 29.1 Å². The molecule has 6 N–H and O–H groups in total. The number of benzene rings is 1. The average Bonchev–Trinajstić information content (AvgIpc) is 2.87. The van der Waals surface area contributed by atoms with Gasteiger partial charge in [0.25, 0.3) is 0 Å². The van der Waals surface area contributed by atoms with E-state index in [2.05, 4.69) is 16.0 Å². The number of hydrogen-bond acceptors (Lipinski definition) is 6. The Labute approximate surface area is 212 Å². The Hall–Kier alpha value is -3.27. The first kappa shape index (κ1) is 30.8. The van der Waals surface area contributed by atoms with Gasteiger partial charge in [0.1, 0.15) is 18.4 Å². The lowest BCUT2D eigenvalue weighted by molar-refractivity contribution is -0.138. The molecule has 0 saturated carbocycles. The van der Waals surface area contributed by atoms with Crippen LogP contribution >= 0.6 is 0 Å². The third-order valence-corrected chi connectivity index (χ3v) is 6.11. The molecule has 1 rings (SSSR count). The Bertz CT molecular complexity index is 863. The van der Waals surface area contributed by atoms with E-state index in [9.17, 15) is 24.0 Å². The summed E-state index contributed by atoms with van der Waals surface area (Å²) in [4.78, 5) is 61.4. The van der Waals surface area contributed by atoms with Gasteiger partial charge in [-0.05, 0) is 30.7 Å². The van der Waals surface area contributed by atoms with Gasteiger partial charge in [-0.3, -0.25) is 19.2 Å². The van der Waals surface area contributed by atoms with Gasteiger partial charge in [0, 0.05) is 6.42 Å². The number of nitrogens with one attached hydrogen (secondary N) is 3. The molecule has 0 aliphatic carbocycles. The highest BCUT2D eigenvalue weighted by Gasteiger charge is 2.30. The van der Waals surface area contributed by atoms with Crippen LogP contribution in [-0.2, 0) is 30.4 Å². The number of unbranched alkanes of at least 4 members (excludes halogenated alkanes) is 1. The summed E-state index contributed by atoms with van der Waals surface area (Å²) in [5.74, 6) is -3.02. The van der Waals surface area contributed by atoms with Crippen molar-refractivity contribution in [3.63, 3.8) is 0 Å². The molecule has 0 heterocycles. The van der Waals surface area contributed by atoms with Crippen LogP contribution in [0.2, 0.25) is 0 Å². The molecule has 0 aromatic heterocycles. The van der Waals surface area contributed by atoms with Gasteiger partial charge in [-0.2, -0.15) is 0 Å². The number of rotatable bonds is 17. The second-order valence-electron chi connectivity index (χ2n) is 9.05. The van der Waals surface area contributed by atoms with Crippen LogP contribution in [0.15, 0.2) is 30.3 Å². The molecule has 0 aliphatic rings. The maximum atomic E-state index is 13.1. The fourth-order valence-corrected chi connectivity index (χ4v) is 3.55. The minimum absolute atomic E-state index is 0.138. The summed E-state index contributed by atoms with van der Waals surface area (Å²) in [5.41, 5.74) is 6.84. The maximum absolute atomic E-state index is 13.1. The summed E-state index contributed by atoms with van der Waals surface area (Å²) in [7, 11) is 0. The van der Waals surface area contributed by atoms with Crippen molar-refractivity contribution in [2.24, 2.45) is 11.7 Å². The molecule has 10 heteroatoms. The molecule has 1 aromatic rings. The van der Waals surface area contributed by atoms with Crippen molar-refractivity contribution in [2.75, 3.05) is 0 Å². The first-order chi connectivity index (χ1) is 17.1. The van der Waals surface area contributed by atoms with Crippen LogP contribution in [0.25, 0.3) is 0 Å². The molecule has 3 amide bonds. The number of carboxylic acid groups (broad SMARTS) is 1. The Morgan fingerprint density at radius 3 is 2.08 bits per heavy atom. The lowest BCUT2D eigenvalue weighted by atomic mass is 9.98. The number of carboxylic acids is 1. The molecule has 1 aromatic carbocycles. The van der Waals surface area contributed by atoms with Crippen LogP contribution in [0.5, 0.6) is 0 Å². The van der Waals surface area contributed by atoms with Crippen molar-refractivity contribution in [1.29, 1.82) is 0 Å². The number of hydrogen-bond donors (Lipinski definition) is 5. The van der Waals surface area contributed by atoms with E-state index in [4.69, 9.17) is 10.8 Å². The molecule has 0 bridgehead atoms. The van der Waals surface area contributed by atoms with E-state index < -0.39 is 47.9 Å². The standard InChI is InChI=1S/C26H40N4O6/c1-4-6-12-20(24(34)28-19(16-31)15-18-10-8-7-9-11-18)29-25(35)21(13-14-22(32)33)30-26(36)23(27)17(3)5-2/h7-11,16-17,19-21,23H,4-6,12-15,27H2,1-3H3,(H,28,34)(H,29,35)(H,30,36)(H,32,33)/t17-,19-,20?,21-,23-/m0/s1. The molecule has 0 radical (unpaired) electrons. The SMILES string of the molecule is CCCCC(NC(=O)[C@H](CCC(=O)O)NC(=O)[C@@H](N)[C@@H](C)CC)C(=O)N[C@H](C=O)Cc1ccccc1. The number of carbonyl (C=O) groups excluding carboxylic acids is 4. The quantitative estimate of drug-likeness (QED) is 0.199. The molecule has 5 atom stereocenters. The van der Waals surface area contributed by atoms with E-state index in [0.717, 1.165) is 12.0 Å². The molecule has 10 nitrogen and oxygen atoms in total. The number of amides is 3. The van der Waals surface area contributed by atoms with Crippen LogP contribution in [0, 0.1) is 5.92 Å². The molecule has 0 saturated heterocycles. The zero-order chi connectivity index (χ0) is 27.1. The van der Waals surface area contributed by atoms with Crippen molar-refractivity contribution >= 4 is 30.0 Å². The topological polar surface area (TPSA) is 168 Å². The summed E-state index contributed by atoms with van der Waals surface area (Å²) in [6.45, 7) is 5.63. The van der Waals surface area contributed by atoms with Gasteiger partial charge in [-0.15, -0.1) is 0 Å². The van der Waals surface area contributed by atoms with E-state index in [-0.39, 0.29) is 18.8 Å². The fraction of sp³-hybridized carbons (Fsp3) is 0.577. The number of carbonyl (C=O) groups is 5. The third kappa shape index (κ3) is 11.0. The van der Waals surface area contributed by atoms with Crippen molar-refractivity contribution in [2.45, 2.75) is 89.9 Å². The van der Waals surface area contributed by atoms with Gasteiger partial charge in [-0.25, -0.2) is 0 Å². The first-order valence-corrected chi connectivity index (χ1v) is 12.5. The van der Waals surface area contributed by atoms with Gasteiger partial charge in [0.2, 0.25) is 17.7 Å². The summed E-state index contributed by atoms with van der Waals surface area (Å²) < 4.78 is 0. The summed E-state index contributed by atoms with van der Waals surface area (Å²) in [6, 6.07) is 5.44. The highest BCUT2D eigenvalue weighted by atomic mass is 16.4.